The summed E-state index contributed by atoms with van der Waals surface area (Å²) in [7, 11) is -7.53. The smallest absolute Gasteiger partial charge is 0.262 e. The SMILES string of the molecule is Cc1ccc(S(=O)(=O)Nc2cccc(S(=O)(=O)N3CCOCC3)c2)c(C)c1. The topological polar surface area (TPSA) is 92.8 Å². The Hall–Kier alpha value is -1.94. The Morgan fingerprint density at radius 1 is 0.963 bits per heavy atom. The Labute approximate surface area is 160 Å². The zero-order valence-electron chi connectivity index (χ0n) is 15.2. The first-order valence-electron chi connectivity index (χ1n) is 8.48. The highest BCUT2D eigenvalue weighted by Crippen LogP contribution is 2.24. The predicted octanol–water partition coefficient (Wildman–Crippen LogP) is 2.13. The van der Waals surface area contributed by atoms with Gasteiger partial charge in [0.2, 0.25) is 10.0 Å². The van der Waals surface area contributed by atoms with Crippen LogP contribution < -0.4 is 4.72 Å². The fourth-order valence-electron chi connectivity index (χ4n) is 2.97. The normalized spacial score (nSPS) is 16.2. The number of morpholine rings is 1. The van der Waals surface area contributed by atoms with E-state index < -0.39 is 20.0 Å². The second kappa shape index (κ2) is 7.59. The lowest BCUT2D eigenvalue weighted by molar-refractivity contribution is 0.0730. The summed E-state index contributed by atoms with van der Waals surface area (Å²) in [6.45, 7) is 4.86. The molecule has 7 nitrogen and oxygen atoms in total. The van der Waals surface area contributed by atoms with Gasteiger partial charge < -0.3 is 4.74 Å². The standard InChI is InChI=1S/C18H22N2O5S2/c1-14-6-7-18(15(2)12-14)26(21,22)19-16-4-3-5-17(13-16)27(23,24)20-8-10-25-11-9-20/h3-7,12-13,19H,8-11H2,1-2H3. The van der Waals surface area contributed by atoms with Crippen LogP contribution in [0.1, 0.15) is 11.1 Å². The lowest BCUT2D eigenvalue weighted by atomic mass is 10.2. The van der Waals surface area contributed by atoms with Crippen molar-refractivity contribution >= 4 is 25.7 Å². The van der Waals surface area contributed by atoms with E-state index in [1.807, 2.05) is 6.92 Å². The molecule has 1 heterocycles. The van der Waals surface area contributed by atoms with Crippen LogP contribution >= 0.6 is 0 Å². The van der Waals surface area contributed by atoms with E-state index in [4.69, 9.17) is 4.74 Å². The molecule has 1 fully saturated rings. The molecule has 1 saturated heterocycles. The molecule has 1 aliphatic heterocycles. The highest BCUT2D eigenvalue weighted by Gasteiger charge is 2.27. The number of nitrogens with zero attached hydrogens (tertiary/aromatic N) is 1. The summed E-state index contributed by atoms with van der Waals surface area (Å²) in [6, 6.07) is 10.9. The van der Waals surface area contributed by atoms with Crippen molar-refractivity contribution in [2.75, 3.05) is 31.0 Å². The average molecular weight is 411 g/mol. The zero-order valence-corrected chi connectivity index (χ0v) is 16.8. The molecule has 0 saturated carbocycles. The van der Waals surface area contributed by atoms with E-state index in [1.54, 1.807) is 25.1 Å². The number of rotatable bonds is 5. The summed E-state index contributed by atoms with van der Waals surface area (Å²) in [5.74, 6) is 0. The van der Waals surface area contributed by atoms with E-state index in [9.17, 15) is 16.8 Å². The summed E-state index contributed by atoms with van der Waals surface area (Å²) in [5, 5.41) is 0. The van der Waals surface area contributed by atoms with Crippen LogP contribution in [0, 0.1) is 13.8 Å². The third-order valence-electron chi connectivity index (χ3n) is 4.31. The fraction of sp³-hybridized carbons (Fsp3) is 0.333. The Morgan fingerprint density at radius 3 is 2.33 bits per heavy atom. The largest absolute Gasteiger partial charge is 0.379 e. The molecule has 9 heteroatoms. The van der Waals surface area contributed by atoms with Crippen LogP contribution in [0.15, 0.2) is 52.3 Å². The molecular formula is C18H22N2O5S2. The summed E-state index contributed by atoms with van der Waals surface area (Å²) < 4.78 is 59.9. The second-order valence-corrected chi connectivity index (χ2v) is 10.0. The lowest BCUT2D eigenvalue weighted by Gasteiger charge is -2.26. The number of nitrogens with one attached hydrogen (secondary N) is 1. The molecule has 2 aromatic rings. The minimum absolute atomic E-state index is 0.0465. The fourth-order valence-corrected chi connectivity index (χ4v) is 5.70. The van der Waals surface area contributed by atoms with Crippen LogP contribution in [0.5, 0.6) is 0 Å². The van der Waals surface area contributed by atoms with Gasteiger partial charge >= 0.3 is 0 Å². The summed E-state index contributed by atoms with van der Waals surface area (Å²) >= 11 is 0. The van der Waals surface area contributed by atoms with E-state index in [-0.39, 0.29) is 28.6 Å². The van der Waals surface area contributed by atoms with Crippen LogP contribution in [-0.4, -0.2) is 47.4 Å². The monoisotopic (exact) mass is 410 g/mol. The number of sulfonamides is 2. The third kappa shape index (κ3) is 4.32. The first kappa shape index (κ1) is 19.8. The molecule has 27 heavy (non-hydrogen) atoms. The van der Waals surface area contributed by atoms with Crippen molar-refractivity contribution < 1.29 is 21.6 Å². The molecular weight excluding hydrogens is 388 g/mol. The maximum Gasteiger partial charge on any atom is 0.262 e. The van der Waals surface area contributed by atoms with E-state index in [2.05, 4.69) is 4.72 Å². The van der Waals surface area contributed by atoms with Crippen molar-refractivity contribution in [2.24, 2.45) is 0 Å². The molecule has 1 N–H and O–H groups in total. The Balaban J connectivity index is 1.89. The minimum Gasteiger partial charge on any atom is -0.379 e. The maximum atomic E-state index is 12.8. The van der Waals surface area contributed by atoms with Crippen LogP contribution in [0.4, 0.5) is 5.69 Å². The van der Waals surface area contributed by atoms with Gasteiger partial charge in [0.1, 0.15) is 0 Å². The molecule has 0 radical (unpaired) electrons. The molecule has 0 bridgehead atoms. The quantitative estimate of drug-likeness (QED) is 0.815. The number of hydrogen-bond acceptors (Lipinski definition) is 5. The predicted molar refractivity (Wildman–Crippen MR) is 103 cm³/mol. The second-order valence-electron chi connectivity index (χ2n) is 6.42. The van der Waals surface area contributed by atoms with Gasteiger partial charge in [-0.1, -0.05) is 23.8 Å². The van der Waals surface area contributed by atoms with Gasteiger partial charge in [0.25, 0.3) is 10.0 Å². The number of benzene rings is 2. The Bertz CT molecular complexity index is 1040. The Morgan fingerprint density at radius 2 is 1.67 bits per heavy atom. The van der Waals surface area contributed by atoms with Gasteiger partial charge in [-0.3, -0.25) is 4.72 Å². The summed E-state index contributed by atoms with van der Waals surface area (Å²) in [6.07, 6.45) is 0. The highest BCUT2D eigenvalue weighted by atomic mass is 32.2. The van der Waals surface area contributed by atoms with Crippen molar-refractivity contribution in [3.05, 3.63) is 53.6 Å². The van der Waals surface area contributed by atoms with E-state index in [1.165, 1.54) is 28.6 Å². The van der Waals surface area contributed by atoms with Crippen LogP contribution in [0.2, 0.25) is 0 Å². The van der Waals surface area contributed by atoms with Gasteiger partial charge in [-0.2, -0.15) is 4.31 Å². The number of hydrogen-bond donors (Lipinski definition) is 1. The van der Waals surface area contributed by atoms with Gasteiger partial charge in [-0.25, -0.2) is 16.8 Å². The molecule has 0 atom stereocenters. The lowest BCUT2D eigenvalue weighted by Crippen LogP contribution is -2.40. The Kier molecular flexibility index (Phi) is 5.57. The first-order valence-corrected chi connectivity index (χ1v) is 11.4. The van der Waals surface area contributed by atoms with Crippen molar-refractivity contribution in [1.29, 1.82) is 0 Å². The van der Waals surface area contributed by atoms with Crippen molar-refractivity contribution in [1.82, 2.24) is 4.31 Å². The molecule has 2 aromatic carbocycles. The minimum atomic E-state index is -3.83. The molecule has 0 aliphatic carbocycles. The molecule has 0 aromatic heterocycles. The van der Waals surface area contributed by atoms with E-state index >= 15 is 0 Å². The van der Waals surface area contributed by atoms with Gasteiger partial charge in [0.05, 0.1) is 28.7 Å². The number of ether oxygens (including phenoxy) is 1. The van der Waals surface area contributed by atoms with Crippen LogP contribution in [-0.2, 0) is 24.8 Å². The molecule has 1 aliphatic rings. The number of aryl methyl sites for hydroxylation is 2. The molecule has 3 rings (SSSR count). The van der Waals surface area contributed by atoms with Crippen LogP contribution in [0.3, 0.4) is 0 Å². The van der Waals surface area contributed by atoms with Crippen molar-refractivity contribution in [2.45, 2.75) is 23.6 Å². The molecule has 0 spiro atoms. The zero-order chi connectivity index (χ0) is 19.7. The van der Waals surface area contributed by atoms with Gasteiger partial charge in [0.15, 0.2) is 0 Å². The highest BCUT2D eigenvalue weighted by molar-refractivity contribution is 7.92. The van der Waals surface area contributed by atoms with Gasteiger partial charge in [-0.15, -0.1) is 0 Å². The van der Waals surface area contributed by atoms with Crippen LogP contribution in [0.25, 0.3) is 0 Å². The molecule has 0 amide bonds. The van der Waals surface area contributed by atoms with Crippen molar-refractivity contribution in [3.8, 4) is 0 Å². The summed E-state index contributed by atoms with van der Waals surface area (Å²) in [4.78, 5) is 0.208. The summed E-state index contributed by atoms with van der Waals surface area (Å²) in [5.41, 5.74) is 1.79. The van der Waals surface area contributed by atoms with Crippen molar-refractivity contribution in [3.63, 3.8) is 0 Å². The van der Waals surface area contributed by atoms with Gasteiger partial charge in [-0.05, 0) is 43.7 Å². The van der Waals surface area contributed by atoms with E-state index in [0.717, 1.165) is 5.56 Å². The molecule has 146 valence electrons. The first-order chi connectivity index (χ1) is 12.7. The number of anilines is 1. The van der Waals surface area contributed by atoms with Gasteiger partial charge in [0, 0.05) is 13.1 Å². The maximum absolute atomic E-state index is 12.8. The third-order valence-corrected chi connectivity index (χ3v) is 7.75. The average Bonchev–Trinajstić information content (AvgIpc) is 2.62. The molecule has 0 unspecified atom stereocenters. The van der Waals surface area contributed by atoms with E-state index in [0.29, 0.717) is 18.8 Å².